The normalized spacial score (nSPS) is 10.6. The summed E-state index contributed by atoms with van der Waals surface area (Å²) >= 11 is 8.24. The lowest BCUT2D eigenvalue weighted by Crippen LogP contribution is -2.01. The lowest BCUT2D eigenvalue weighted by molar-refractivity contribution is 0.970. The Kier molecular flexibility index (Phi) is 3.88. The topological polar surface area (TPSA) is 51.6 Å². The van der Waals surface area contributed by atoms with E-state index in [0.29, 0.717) is 22.5 Å². The van der Waals surface area contributed by atoms with Crippen LogP contribution in [-0.4, -0.2) is 19.9 Å². The van der Waals surface area contributed by atoms with Gasteiger partial charge in [0.05, 0.1) is 9.26 Å². The third kappa shape index (κ3) is 2.71. The molecule has 0 saturated heterocycles. The molecule has 2 aromatic rings. The predicted octanol–water partition coefficient (Wildman–Crippen LogP) is 3.06. The van der Waals surface area contributed by atoms with E-state index in [9.17, 15) is 0 Å². The van der Waals surface area contributed by atoms with E-state index in [-0.39, 0.29) is 0 Å². The smallest absolute Gasteiger partial charge is 0.180 e. The largest absolute Gasteiger partial charge is 0.242 e. The van der Waals surface area contributed by atoms with Gasteiger partial charge in [-0.25, -0.2) is 19.9 Å². The highest BCUT2D eigenvalue weighted by Gasteiger charge is 2.11. The molecule has 0 atom stereocenters. The quantitative estimate of drug-likeness (QED) is 0.610. The molecule has 0 bridgehead atoms. The van der Waals surface area contributed by atoms with Crippen molar-refractivity contribution in [3.63, 3.8) is 0 Å². The van der Waals surface area contributed by atoms with Crippen LogP contribution < -0.4 is 0 Å². The van der Waals surface area contributed by atoms with Gasteiger partial charge < -0.3 is 0 Å². The summed E-state index contributed by atoms with van der Waals surface area (Å²) in [4.78, 5) is 17.1. The number of rotatable bonds is 2. The Hall–Kier alpha value is -0.820. The minimum atomic E-state index is 0.476. The second-order valence-corrected chi connectivity index (χ2v) is 4.88. The second-order valence-electron chi connectivity index (χ2n) is 3.44. The van der Waals surface area contributed by atoms with Crippen molar-refractivity contribution in [2.45, 2.75) is 20.3 Å². The average molecular weight is 361 g/mol. The van der Waals surface area contributed by atoms with Crippen molar-refractivity contribution >= 4 is 34.2 Å². The number of halogens is 2. The van der Waals surface area contributed by atoms with Gasteiger partial charge in [0.25, 0.3) is 0 Å². The first-order chi connectivity index (χ1) is 8.11. The molecular weight excluding hydrogens is 351 g/mol. The van der Waals surface area contributed by atoms with Gasteiger partial charge in [-0.3, -0.25) is 0 Å². The number of aromatic nitrogens is 4. The van der Waals surface area contributed by atoms with E-state index in [2.05, 4.69) is 42.5 Å². The van der Waals surface area contributed by atoms with Crippen molar-refractivity contribution in [2.75, 3.05) is 0 Å². The molecule has 6 heteroatoms. The van der Waals surface area contributed by atoms with Gasteiger partial charge in [0.1, 0.15) is 16.7 Å². The fraction of sp³-hybridized carbons (Fsp3) is 0.273. The zero-order valence-corrected chi connectivity index (χ0v) is 12.3. The maximum absolute atomic E-state index is 6.09. The summed E-state index contributed by atoms with van der Waals surface area (Å²) in [7, 11) is 0. The second kappa shape index (κ2) is 5.22. The first-order valence-corrected chi connectivity index (χ1v) is 6.59. The average Bonchev–Trinajstić information content (AvgIpc) is 2.32. The van der Waals surface area contributed by atoms with Crippen molar-refractivity contribution in [1.82, 2.24) is 19.9 Å². The van der Waals surface area contributed by atoms with E-state index >= 15 is 0 Å². The highest BCUT2D eigenvalue weighted by Crippen LogP contribution is 2.23. The molecule has 17 heavy (non-hydrogen) atoms. The Morgan fingerprint density at radius 3 is 2.71 bits per heavy atom. The van der Waals surface area contributed by atoms with Crippen LogP contribution in [0, 0.1) is 10.5 Å². The molecule has 0 aromatic carbocycles. The molecule has 0 N–H and O–H groups in total. The van der Waals surface area contributed by atoms with Crippen molar-refractivity contribution in [3.8, 4) is 11.5 Å². The van der Waals surface area contributed by atoms with Gasteiger partial charge in [0, 0.05) is 6.20 Å². The van der Waals surface area contributed by atoms with Gasteiger partial charge in [0.15, 0.2) is 5.82 Å². The fourth-order valence-electron chi connectivity index (χ4n) is 1.39. The van der Waals surface area contributed by atoms with Crippen LogP contribution in [0.4, 0.5) is 0 Å². The Morgan fingerprint density at radius 2 is 2.06 bits per heavy atom. The van der Waals surface area contributed by atoms with E-state index in [1.54, 1.807) is 12.3 Å². The molecule has 0 radical (unpaired) electrons. The highest BCUT2D eigenvalue weighted by atomic mass is 127. The van der Waals surface area contributed by atoms with Gasteiger partial charge in [0.2, 0.25) is 0 Å². The van der Waals surface area contributed by atoms with Crippen LogP contribution in [0.25, 0.3) is 11.5 Å². The van der Waals surface area contributed by atoms with Crippen molar-refractivity contribution < 1.29 is 0 Å². The molecule has 0 unspecified atom stereocenters. The van der Waals surface area contributed by atoms with E-state index in [1.165, 1.54) is 0 Å². The van der Waals surface area contributed by atoms with Crippen LogP contribution in [-0.2, 0) is 6.42 Å². The Labute approximate surface area is 118 Å². The van der Waals surface area contributed by atoms with Gasteiger partial charge in [-0.05, 0) is 42.0 Å². The standard InChI is InChI=1S/C11H10ClIN4/c1-3-7-9(13)10(12)17-11(16-7)8-4-5-14-6(2)15-8/h4-5H,3H2,1-2H3. The lowest BCUT2D eigenvalue weighted by Gasteiger charge is -2.06. The zero-order chi connectivity index (χ0) is 12.4. The molecule has 0 amide bonds. The van der Waals surface area contributed by atoms with E-state index in [1.807, 2.05) is 13.8 Å². The lowest BCUT2D eigenvalue weighted by atomic mass is 10.3. The van der Waals surface area contributed by atoms with Crippen molar-refractivity contribution in [1.29, 1.82) is 0 Å². The molecule has 0 aliphatic carbocycles. The molecule has 0 spiro atoms. The highest BCUT2D eigenvalue weighted by molar-refractivity contribution is 14.1. The third-order valence-electron chi connectivity index (χ3n) is 2.22. The minimum absolute atomic E-state index is 0.476. The van der Waals surface area contributed by atoms with Crippen LogP contribution in [0.2, 0.25) is 5.15 Å². The molecule has 0 aliphatic rings. The van der Waals surface area contributed by atoms with E-state index in [4.69, 9.17) is 11.6 Å². The maximum atomic E-state index is 6.09. The van der Waals surface area contributed by atoms with Gasteiger partial charge in [-0.1, -0.05) is 18.5 Å². The summed E-state index contributed by atoms with van der Waals surface area (Å²) < 4.78 is 0.904. The number of hydrogen-bond acceptors (Lipinski definition) is 4. The summed E-state index contributed by atoms with van der Waals surface area (Å²) in [5, 5.41) is 0.476. The van der Waals surface area contributed by atoms with Gasteiger partial charge in [-0.15, -0.1) is 0 Å². The molecule has 0 aliphatic heterocycles. The monoisotopic (exact) mass is 360 g/mol. The summed E-state index contributed by atoms with van der Waals surface area (Å²) in [5.41, 5.74) is 1.64. The van der Waals surface area contributed by atoms with Crippen LogP contribution >= 0.6 is 34.2 Å². The number of aryl methyl sites for hydroxylation is 2. The Morgan fingerprint density at radius 1 is 1.29 bits per heavy atom. The maximum Gasteiger partial charge on any atom is 0.180 e. The fourth-order valence-corrected chi connectivity index (χ4v) is 2.20. The van der Waals surface area contributed by atoms with E-state index in [0.717, 1.165) is 15.7 Å². The summed E-state index contributed by atoms with van der Waals surface area (Å²) in [6.45, 7) is 3.87. The predicted molar refractivity (Wildman–Crippen MR) is 74.9 cm³/mol. The Bertz CT molecular complexity index is 559. The Balaban J connectivity index is 2.56. The molecule has 0 fully saturated rings. The molecule has 2 rings (SSSR count). The van der Waals surface area contributed by atoms with Crippen molar-refractivity contribution in [3.05, 3.63) is 32.5 Å². The van der Waals surface area contributed by atoms with Gasteiger partial charge in [-0.2, -0.15) is 0 Å². The summed E-state index contributed by atoms with van der Waals surface area (Å²) in [6, 6.07) is 1.78. The zero-order valence-electron chi connectivity index (χ0n) is 9.41. The first-order valence-electron chi connectivity index (χ1n) is 5.13. The molecule has 4 nitrogen and oxygen atoms in total. The molecule has 2 aromatic heterocycles. The number of hydrogen-bond donors (Lipinski definition) is 0. The van der Waals surface area contributed by atoms with Crippen LogP contribution in [0.15, 0.2) is 12.3 Å². The molecule has 2 heterocycles. The van der Waals surface area contributed by atoms with Crippen LogP contribution in [0.1, 0.15) is 18.4 Å². The number of nitrogens with zero attached hydrogens (tertiary/aromatic N) is 4. The summed E-state index contributed by atoms with van der Waals surface area (Å²) in [6.07, 6.45) is 2.51. The minimum Gasteiger partial charge on any atom is -0.242 e. The van der Waals surface area contributed by atoms with Crippen LogP contribution in [0.5, 0.6) is 0 Å². The first kappa shape index (κ1) is 12.6. The SMILES string of the molecule is CCc1nc(-c2ccnc(C)n2)nc(Cl)c1I. The molecule has 0 saturated carbocycles. The summed E-state index contributed by atoms with van der Waals surface area (Å²) in [5.74, 6) is 1.25. The molecular formula is C11H10ClIN4. The van der Waals surface area contributed by atoms with E-state index < -0.39 is 0 Å². The van der Waals surface area contributed by atoms with Crippen LogP contribution in [0.3, 0.4) is 0 Å². The van der Waals surface area contributed by atoms with Crippen molar-refractivity contribution in [2.24, 2.45) is 0 Å². The molecule has 88 valence electrons. The van der Waals surface area contributed by atoms with Gasteiger partial charge >= 0.3 is 0 Å². The third-order valence-corrected chi connectivity index (χ3v) is 3.95.